The van der Waals surface area contributed by atoms with E-state index in [4.69, 9.17) is 9.47 Å². The number of hydrogen-bond donors (Lipinski definition) is 2. The van der Waals surface area contributed by atoms with Gasteiger partial charge in [0.2, 0.25) is 6.29 Å². The Bertz CT molecular complexity index is 374. The molecule has 2 N–H and O–H groups in total. The first-order chi connectivity index (χ1) is 7.51. The fraction of sp³-hybridized carbons (Fsp3) is 0.875. The summed E-state index contributed by atoms with van der Waals surface area (Å²) in [6.07, 6.45) is -1.29. The van der Waals surface area contributed by atoms with Gasteiger partial charge in [-0.15, -0.1) is 0 Å². The standard InChI is InChI=1S/C8H10N2O6/c11-6-5(10(13)14)3-1-8(12,9-6)7-15-2-4(3)16-7/h3-5,7,12H,1-2H2,(H,9,11)/t3-,4-,5-,7-,8+/m1/s1. The van der Waals surface area contributed by atoms with Gasteiger partial charge in [-0.1, -0.05) is 0 Å². The van der Waals surface area contributed by atoms with Crippen LogP contribution in [0.15, 0.2) is 0 Å². The van der Waals surface area contributed by atoms with Crippen molar-refractivity contribution in [2.24, 2.45) is 5.92 Å². The molecule has 0 aromatic carbocycles. The number of carbonyl (C=O) groups excluding carboxylic acids is 1. The molecule has 16 heavy (non-hydrogen) atoms. The zero-order chi connectivity index (χ0) is 11.5. The highest BCUT2D eigenvalue weighted by atomic mass is 16.7. The van der Waals surface area contributed by atoms with E-state index in [1.54, 1.807) is 0 Å². The van der Waals surface area contributed by atoms with E-state index in [1.165, 1.54) is 0 Å². The van der Waals surface area contributed by atoms with E-state index in [0.29, 0.717) is 0 Å². The van der Waals surface area contributed by atoms with Crippen molar-refractivity contribution >= 4 is 5.91 Å². The Morgan fingerprint density at radius 3 is 3.06 bits per heavy atom. The molecule has 88 valence electrons. The molecule has 3 rings (SSSR count). The fourth-order valence-corrected chi connectivity index (χ4v) is 2.64. The van der Waals surface area contributed by atoms with Gasteiger partial charge >= 0.3 is 0 Å². The van der Waals surface area contributed by atoms with Gasteiger partial charge in [-0.25, -0.2) is 0 Å². The van der Waals surface area contributed by atoms with E-state index < -0.39 is 40.9 Å². The van der Waals surface area contributed by atoms with Gasteiger partial charge < -0.3 is 19.9 Å². The van der Waals surface area contributed by atoms with Crippen LogP contribution in [0.3, 0.4) is 0 Å². The van der Waals surface area contributed by atoms with Crippen LogP contribution in [0.4, 0.5) is 0 Å². The summed E-state index contributed by atoms with van der Waals surface area (Å²) >= 11 is 0. The van der Waals surface area contributed by atoms with Crippen LogP contribution in [-0.2, 0) is 14.3 Å². The Labute approximate surface area is 89.7 Å². The van der Waals surface area contributed by atoms with Crippen molar-refractivity contribution in [3.8, 4) is 0 Å². The van der Waals surface area contributed by atoms with Crippen molar-refractivity contribution in [1.82, 2.24) is 5.32 Å². The minimum Gasteiger partial charge on any atom is -0.366 e. The van der Waals surface area contributed by atoms with E-state index in [-0.39, 0.29) is 13.0 Å². The highest BCUT2D eigenvalue weighted by molar-refractivity contribution is 5.82. The number of fused-ring (bicyclic) bond motifs is 6. The number of piperidine rings is 1. The number of nitrogens with one attached hydrogen (secondary N) is 1. The van der Waals surface area contributed by atoms with E-state index in [9.17, 15) is 20.0 Å². The lowest BCUT2D eigenvalue weighted by Crippen LogP contribution is -2.70. The fourth-order valence-electron chi connectivity index (χ4n) is 2.64. The van der Waals surface area contributed by atoms with Crippen molar-refractivity contribution in [2.75, 3.05) is 6.61 Å². The lowest BCUT2D eigenvalue weighted by molar-refractivity contribution is -0.526. The van der Waals surface area contributed by atoms with Gasteiger partial charge in [-0.2, -0.15) is 0 Å². The molecule has 0 radical (unpaired) electrons. The van der Waals surface area contributed by atoms with Crippen LogP contribution in [0, 0.1) is 16.0 Å². The van der Waals surface area contributed by atoms with Crippen LogP contribution in [0.1, 0.15) is 6.42 Å². The SMILES string of the molecule is O=C1N[C@]2(O)C[C@H]([C@H]3CO[C@@H]2O3)[C@H]1[N+](=O)[O-]. The van der Waals surface area contributed by atoms with Crippen molar-refractivity contribution in [3.63, 3.8) is 0 Å². The summed E-state index contributed by atoms with van der Waals surface area (Å²) in [7, 11) is 0. The molecule has 1 amide bonds. The molecule has 3 heterocycles. The van der Waals surface area contributed by atoms with Crippen LogP contribution in [0.5, 0.6) is 0 Å². The van der Waals surface area contributed by atoms with Gasteiger partial charge in [0, 0.05) is 11.3 Å². The summed E-state index contributed by atoms with van der Waals surface area (Å²) in [5.74, 6) is -1.40. The maximum Gasteiger partial charge on any atom is 0.297 e. The molecule has 3 aliphatic heterocycles. The van der Waals surface area contributed by atoms with Gasteiger partial charge in [-0.3, -0.25) is 14.9 Å². The molecule has 0 aromatic rings. The Kier molecular flexibility index (Phi) is 1.80. The van der Waals surface area contributed by atoms with E-state index in [1.807, 2.05) is 0 Å². The molecule has 0 spiro atoms. The second kappa shape index (κ2) is 2.90. The van der Waals surface area contributed by atoms with E-state index in [2.05, 4.69) is 5.32 Å². The van der Waals surface area contributed by atoms with Gasteiger partial charge in [0.05, 0.1) is 18.6 Å². The molecular formula is C8H10N2O6. The van der Waals surface area contributed by atoms with Crippen molar-refractivity contribution in [3.05, 3.63) is 10.1 Å². The van der Waals surface area contributed by atoms with Crippen LogP contribution < -0.4 is 5.32 Å². The third-order valence-corrected chi connectivity index (χ3v) is 3.37. The predicted molar refractivity (Wildman–Crippen MR) is 46.6 cm³/mol. The number of nitro groups is 1. The summed E-state index contributed by atoms with van der Waals surface area (Å²) in [6, 6.07) is -1.37. The average molecular weight is 230 g/mol. The number of carbonyl (C=O) groups is 1. The molecule has 0 aromatic heterocycles. The zero-order valence-electron chi connectivity index (χ0n) is 8.16. The van der Waals surface area contributed by atoms with E-state index in [0.717, 1.165) is 0 Å². The Balaban J connectivity index is 1.99. The minimum atomic E-state index is -1.62. The number of hydrogen-bond acceptors (Lipinski definition) is 6. The van der Waals surface area contributed by atoms with Crippen LogP contribution in [-0.4, -0.2) is 46.7 Å². The second-order valence-corrected chi connectivity index (χ2v) is 4.35. The molecule has 0 aliphatic carbocycles. The van der Waals surface area contributed by atoms with Gasteiger partial charge in [0.15, 0.2) is 5.72 Å². The van der Waals surface area contributed by atoms with Crippen LogP contribution in [0.25, 0.3) is 0 Å². The summed E-state index contributed by atoms with van der Waals surface area (Å²) in [5.41, 5.74) is -1.62. The highest BCUT2D eigenvalue weighted by Gasteiger charge is 2.63. The molecule has 3 aliphatic rings. The molecule has 8 nitrogen and oxygen atoms in total. The summed E-state index contributed by atoms with van der Waals surface area (Å²) in [5, 5.41) is 23.1. The predicted octanol–water partition coefficient (Wildman–Crippen LogP) is -1.79. The molecule has 8 heteroatoms. The maximum atomic E-state index is 11.5. The van der Waals surface area contributed by atoms with Crippen LogP contribution in [0.2, 0.25) is 0 Å². The lowest BCUT2D eigenvalue weighted by Gasteiger charge is -2.44. The zero-order valence-corrected chi connectivity index (χ0v) is 8.16. The van der Waals surface area contributed by atoms with Crippen LogP contribution >= 0.6 is 0 Å². The third kappa shape index (κ3) is 1.11. The molecule has 3 fully saturated rings. The summed E-state index contributed by atoms with van der Waals surface area (Å²) in [4.78, 5) is 21.7. The van der Waals surface area contributed by atoms with Crippen molar-refractivity contribution in [2.45, 2.75) is 30.6 Å². The first-order valence-electron chi connectivity index (χ1n) is 4.96. The van der Waals surface area contributed by atoms with Crippen molar-refractivity contribution in [1.29, 1.82) is 0 Å². The molecule has 5 atom stereocenters. The number of aliphatic hydroxyl groups is 1. The maximum absolute atomic E-state index is 11.5. The average Bonchev–Trinajstić information content (AvgIpc) is 2.60. The number of ether oxygens (including phenoxy) is 2. The monoisotopic (exact) mass is 230 g/mol. The number of amides is 1. The van der Waals surface area contributed by atoms with Gasteiger partial charge in [-0.05, 0) is 0 Å². The third-order valence-electron chi connectivity index (χ3n) is 3.37. The smallest absolute Gasteiger partial charge is 0.297 e. The number of rotatable bonds is 1. The number of nitrogens with zero attached hydrogens (tertiary/aromatic N) is 1. The summed E-state index contributed by atoms with van der Waals surface area (Å²) in [6.45, 7) is 0.178. The molecule has 0 unspecified atom stereocenters. The topological polar surface area (TPSA) is 111 Å². The Hall–Kier alpha value is -1.25. The summed E-state index contributed by atoms with van der Waals surface area (Å²) < 4.78 is 10.5. The normalized spacial score (nSPS) is 49.9. The van der Waals surface area contributed by atoms with Crippen molar-refractivity contribution < 1.29 is 24.3 Å². The van der Waals surface area contributed by atoms with E-state index >= 15 is 0 Å². The Morgan fingerprint density at radius 2 is 2.38 bits per heavy atom. The molecule has 4 bridgehead atoms. The van der Waals surface area contributed by atoms with Gasteiger partial charge in [0.1, 0.15) is 0 Å². The van der Waals surface area contributed by atoms with Gasteiger partial charge in [0.25, 0.3) is 11.9 Å². The first-order valence-corrected chi connectivity index (χ1v) is 4.96. The molecule has 3 saturated heterocycles. The minimum absolute atomic E-state index is 0.0969. The first kappa shape index (κ1) is 9.94. The highest BCUT2D eigenvalue weighted by Crippen LogP contribution is 2.42. The second-order valence-electron chi connectivity index (χ2n) is 4.35. The largest absolute Gasteiger partial charge is 0.366 e. The Morgan fingerprint density at radius 1 is 1.62 bits per heavy atom. The lowest BCUT2D eigenvalue weighted by atomic mass is 9.80. The molecule has 0 saturated carbocycles. The quantitative estimate of drug-likeness (QED) is 0.406. The molecular weight excluding hydrogens is 220 g/mol.